The third-order valence-corrected chi connectivity index (χ3v) is 4.99. The fraction of sp³-hybridized carbons (Fsp3) is 0.611. The largest absolute Gasteiger partial charge is 0.457 e. The van der Waals surface area contributed by atoms with Gasteiger partial charge in [0.1, 0.15) is 6.10 Å². The van der Waals surface area contributed by atoms with Crippen LogP contribution in [0.25, 0.3) is 0 Å². The number of likely N-dealkylation sites (tertiary alicyclic amines) is 1. The van der Waals surface area contributed by atoms with Crippen molar-refractivity contribution in [3.05, 3.63) is 35.9 Å². The van der Waals surface area contributed by atoms with Gasteiger partial charge >= 0.3 is 5.97 Å². The molecule has 3 nitrogen and oxygen atoms in total. The third kappa shape index (κ3) is 3.46. The Morgan fingerprint density at radius 1 is 1.14 bits per heavy atom. The first-order chi connectivity index (χ1) is 10.2. The number of benzene rings is 1. The minimum absolute atomic E-state index is 0.0619. The van der Waals surface area contributed by atoms with E-state index >= 15 is 0 Å². The molecule has 21 heavy (non-hydrogen) atoms. The highest BCUT2D eigenvalue weighted by Crippen LogP contribution is 2.30. The molecule has 0 amide bonds. The van der Waals surface area contributed by atoms with Crippen molar-refractivity contribution in [2.75, 3.05) is 13.1 Å². The van der Waals surface area contributed by atoms with Gasteiger partial charge in [-0.1, -0.05) is 38.0 Å². The number of hydrogen-bond acceptors (Lipinski definition) is 3. The lowest BCUT2D eigenvalue weighted by molar-refractivity contribution is 0.0292. The molecule has 3 atom stereocenters. The summed E-state index contributed by atoms with van der Waals surface area (Å²) >= 11 is 0. The van der Waals surface area contributed by atoms with Crippen LogP contribution in [0.2, 0.25) is 0 Å². The molecule has 1 aliphatic heterocycles. The van der Waals surface area contributed by atoms with Crippen LogP contribution in [0, 0.1) is 5.92 Å². The Hall–Kier alpha value is -1.35. The van der Waals surface area contributed by atoms with Crippen LogP contribution in [-0.2, 0) is 4.74 Å². The van der Waals surface area contributed by atoms with Gasteiger partial charge in [0.05, 0.1) is 5.56 Å². The lowest BCUT2D eigenvalue weighted by Crippen LogP contribution is -2.40. The lowest BCUT2D eigenvalue weighted by atomic mass is 9.85. The highest BCUT2D eigenvalue weighted by molar-refractivity contribution is 5.89. The molecule has 0 radical (unpaired) electrons. The summed E-state index contributed by atoms with van der Waals surface area (Å²) in [5.74, 6) is 0.599. The van der Waals surface area contributed by atoms with Gasteiger partial charge in [0, 0.05) is 19.1 Å². The van der Waals surface area contributed by atoms with Crippen molar-refractivity contribution in [1.82, 2.24) is 4.90 Å². The number of ether oxygens (including phenoxy) is 1. The Balaban J connectivity index is 1.54. The molecular weight excluding hydrogens is 262 g/mol. The van der Waals surface area contributed by atoms with E-state index in [-0.39, 0.29) is 12.1 Å². The fourth-order valence-electron chi connectivity index (χ4n) is 3.78. The van der Waals surface area contributed by atoms with Crippen molar-refractivity contribution in [3.8, 4) is 0 Å². The molecule has 0 spiro atoms. The van der Waals surface area contributed by atoms with E-state index in [1.54, 1.807) is 0 Å². The van der Waals surface area contributed by atoms with Crippen LogP contribution in [0.3, 0.4) is 0 Å². The van der Waals surface area contributed by atoms with Gasteiger partial charge in [-0.15, -0.1) is 0 Å². The molecule has 1 saturated carbocycles. The maximum Gasteiger partial charge on any atom is 0.338 e. The standard InChI is InChI=1S/C18H25NO2/c1-14-7-5-6-10-17(14)19-12-11-16(13-19)21-18(20)15-8-3-2-4-9-15/h2-4,8-9,14,16-17H,5-7,10-13H2,1H3. The number of hydrogen-bond donors (Lipinski definition) is 0. The molecule has 0 N–H and O–H groups in total. The molecule has 114 valence electrons. The molecule has 2 fully saturated rings. The van der Waals surface area contributed by atoms with Crippen molar-refractivity contribution < 1.29 is 9.53 Å². The zero-order valence-corrected chi connectivity index (χ0v) is 12.8. The van der Waals surface area contributed by atoms with E-state index in [9.17, 15) is 4.79 Å². The Labute approximate surface area is 127 Å². The number of rotatable bonds is 3. The summed E-state index contributed by atoms with van der Waals surface area (Å²) in [5, 5.41) is 0. The van der Waals surface area contributed by atoms with Crippen LogP contribution in [0.15, 0.2) is 30.3 Å². The van der Waals surface area contributed by atoms with Crippen LogP contribution < -0.4 is 0 Å². The topological polar surface area (TPSA) is 29.5 Å². The van der Waals surface area contributed by atoms with Gasteiger partial charge in [0.15, 0.2) is 0 Å². The summed E-state index contributed by atoms with van der Waals surface area (Å²) in [6, 6.07) is 10.00. The average molecular weight is 287 g/mol. The Bertz CT molecular complexity index is 473. The SMILES string of the molecule is CC1CCCCC1N1CCC(OC(=O)c2ccccc2)C1. The molecule has 1 aromatic carbocycles. The third-order valence-electron chi connectivity index (χ3n) is 4.99. The Kier molecular flexibility index (Phi) is 4.59. The molecular formula is C18H25NO2. The van der Waals surface area contributed by atoms with Gasteiger partial charge in [-0.3, -0.25) is 4.90 Å². The molecule has 0 aromatic heterocycles. The van der Waals surface area contributed by atoms with Gasteiger partial charge in [-0.2, -0.15) is 0 Å². The van der Waals surface area contributed by atoms with Crippen LogP contribution in [-0.4, -0.2) is 36.1 Å². The predicted octanol–water partition coefficient (Wildman–Crippen LogP) is 3.50. The highest BCUT2D eigenvalue weighted by Gasteiger charge is 2.34. The average Bonchev–Trinajstić information content (AvgIpc) is 2.97. The van der Waals surface area contributed by atoms with Gasteiger partial charge in [0.2, 0.25) is 0 Å². The molecule has 3 heteroatoms. The van der Waals surface area contributed by atoms with E-state index in [0.29, 0.717) is 11.6 Å². The molecule has 1 aliphatic carbocycles. The van der Waals surface area contributed by atoms with Crippen molar-refractivity contribution in [1.29, 1.82) is 0 Å². The smallest absolute Gasteiger partial charge is 0.338 e. The van der Waals surface area contributed by atoms with E-state index in [2.05, 4.69) is 11.8 Å². The summed E-state index contributed by atoms with van der Waals surface area (Å²) in [4.78, 5) is 14.7. The maximum absolute atomic E-state index is 12.1. The minimum atomic E-state index is -0.181. The first-order valence-corrected chi connectivity index (χ1v) is 8.24. The molecule has 2 aliphatic rings. The van der Waals surface area contributed by atoms with Gasteiger partial charge in [-0.05, 0) is 37.3 Å². The van der Waals surface area contributed by atoms with Gasteiger partial charge in [-0.25, -0.2) is 4.79 Å². The predicted molar refractivity (Wildman–Crippen MR) is 83.3 cm³/mol. The molecule has 3 unspecified atom stereocenters. The van der Waals surface area contributed by atoms with Crippen LogP contribution in [0.4, 0.5) is 0 Å². The zero-order chi connectivity index (χ0) is 14.7. The monoisotopic (exact) mass is 287 g/mol. The van der Waals surface area contributed by atoms with Crippen LogP contribution in [0.1, 0.15) is 49.4 Å². The quantitative estimate of drug-likeness (QED) is 0.797. The van der Waals surface area contributed by atoms with Crippen LogP contribution >= 0.6 is 0 Å². The first kappa shape index (κ1) is 14.6. The molecule has 1 saturated heterocycles. The van der Waals surface area contributed by atoms with Crippen LogP contribution in [0.5, 0.6) is 0 Å². The van der Waals surface area contributed by atoms with E-state index in [4.69, 9.17) is 4.74 Å². The summed E-state index contributed by atoms with van der Waals surface area (Å²) in [7, 11) is 0. The second-order valence-corrected chi connectivity index (χ2v) is 6.51. The second kappa shape index (κ2) is 6.61. The molecule has 1 heterocycles. The summed E-state index contributed by atoms with van der Waals surface area (Å²) in [6.07, 6.45) is 6.40. The van der Waals surface area contributed by atoms with E-state index in [1.807, 2.05) is 30.3 Å². The second-order valence-electron chi connectivity index (χ2n) is 6.51. The molecule has 0 bridgehead atoms. The van der Waals surface area contributed by atoms with Crippen molar-refractivity contribution in [3.63, 3.8) is 0 Å². The number of carbonyl (C=O) groups is 1. The lowest BCUT2D eigenvalue weighted by Gasteiger charge is -2.36. The fourth-order valence-corrected chi connectivity index (χ4v) is 3.78. The number of esters is 1. The van der Waals surface area contributed by atoms with Crippen molar-refractivity contribution >= 4 is 5.97 Å². The summed E-state index contributed by atoms with van der Waals surface area (Å²) in [6.45, 7) is 4.35. The zero-order valence-electron chi connectivity index (χ0n) is 12.8. The van der Waals surface area contributed by atoms with Gasteiger partial charge in [0.25, 0.3) is 0 Å². The number of nitrogens with zero attached hydrogens (tertiary/aromatic N) is 1. The normalized spacial score (nSPS) is 30.2. The minimum Gasteiger partial charge on any atom is -0.457 e. The summed E-state index contributed by atoms with van der Waals surface area (Å²) < 4.78 is 5.67. The van der Waals surface area contributed by atoms with E-state index in [1.165, 1.54) is 25.7 Å². The van der Waals surface area contributed by atoms with E-state index in [0.717, 1.165) is 25.4 Å². The number of carbonyl (C=O) groups excluding carboxylic acids is 1. The first-order valence-electron chi connectivity index (χ1n) is 8.24. The maximum atomic E-state index is 12.1. The van der Waals surface area contributed by atoms with Gasteiger partial charge < -0.3 is 4.74 Å². The van der Waals surface area contributed by atoms with Crippen molar-refractivity contribution in [2.24, 2.45) is 5.92 Å². The Morgan fingerprint density at radius 2 is 1.90 bits per heavy atom. The molecule has 3 rings (SSSR count). The Morgan fingerprint density at radius 3 is 2.67 bits per heavy atom. The summed E-state index contributed by atoms with van der Waals surface area (Å²) in [5.41, 5.74) is 0.655. The van der Waals surface area contributed by atoms with E-state index < -0.39 is 0 Å². The molecule has 1 aromatic rings. The highest BCUT2D eigenvalue weighted by atomic mass is 16.5. The van der Waals surface area contributed by atoms with Crippen molar-refractivity contribution in [2.45, 2.75) is 51.2 Å².